The Hall–Kier alpha value is -2.00. The van der Waals surface area contributed by atoms with Gasteiger partial charge in [0.05, 0.1) is 15.5 Å². The molecule has 0 spiro atoms. The van der Waals surface area contributed by atoms with E-state index in [0.29, 0.717) is 12.1 Å². The van der Waals surface area contributed by atoms with Gasteiger partial charge < -0.3 is 0 Å². The first kappa shape index (κ1) is 19.3. The molecular weight excluding hydrogens is 391 g/mol. The number of carbonyl (C=O) groups is 1. The van der Waals surface area contributed by atoms with Crippen molar-refractivity contribution < 1.29 is 35.2 Å². The van der Waals surface area contributed by atoms with Crippen molar-refractivity contribution >= 4 is 27.2 Å². The third kappa shape index (κ3) is 3.67. The smallest absolute Gasteiger partial charge is 0.195 e. The van der Waals surface area contributed by atoms with Gasteiger partial charge in [-0.05, 0) is 19.1 Å². The van der Waals surface area contributed by atoms with Gasteiger partial charge in [0.2, 0.25) is 0 Å². The highest BCUT2D eigenvalue weighted by atomic mass is 35.5. The molecule has 0 heterocycles. The number of rotatable bonds is 4. The van der Waals surface area contributed by atoms with E-state index in [1.807, 2.05) is 0 Å². The molecule has 0 unspecified atom stereocenters. The lowest BCUT2D eigenvalue weighted by Crippen LogP contribution is -2.14. The second-order valence-corrected chi connectivity index (χ2v) is 7.43. The molecule has 0 saturated heterocycles. The van der Waals surface area contributed by atoms with Crippen LogP contribution in [0, 0.1) is 29.1 Å². The minimum absolute atomic E-state index is 0.00840. The molecule has 2 aromatic rings. The first-order chi connectivity index (χ1) is 11.5. The molecule has 2 rings (SSSR count). The van der Waals surface area contributed by atoms with Crippen molar-refractivity contribution in [2.75, 3.05) is 5.75 Å². The zero-order chi connectivity index (χ0) is 19.1. The monoisotopic (exact) mass is 398 g/mol. The first-order valence-corrected chi connectivity index (χ1v) is 8.53. The Kier molecular flexibility index (Phi) is 5.19. The molecule has 0 fully saturated rings. The summed E-state index contributed by atoms with van der Waals surface area (Å²) in [4.78, 5) is 10.3. The van der Waals surface area contributed by atoms with Crippen LogP contribution in [0.25, 0.3) is 11.1 Å². The molecule has 0 N–H and O–H groups in total. The Morgan fingerprint density at radius 1 is 0.960 bits per heavy atom. The lowest BCUT2D eigenvalue weighted by Gasteiger charge is -2.12. The van der Waals surface area contributed by atoms with E-state index in [1.165, 1.54) is 0 Å². The molecule has 10 heteroatoms. The minimum Gasteiger partial charge on any atom is -0.299 e. The molecule has 25 heavy (non-hydrogen) atoms. The van der Waals surface area contributed by atoms with Crippen LogP contribution in [-0.4, -0.2) is 20.0 Å². The maximum Gasteiger partial charge on any atom is 0.195 e. The number of sulfone groups is 1. The third-order valence-electron chi connectivity index (χ3n) is 3.13. The fourth-order valence-corrected chi connectivity index (χ4v) is 3.96. The van der Waals surface area contributed by atoms with Crippen LogP contribution < -0.4 is 0 Å². The number of benzene rings is 2. The zero-order valence-corrected chi connectivity index (χ0v) is 13.9. The maximum absolute atomic E-state index is 14.1. The predicted octanol–water partition coefficient (Wildman–Crippen LogP) is 4.07. The van der Waals surface area contributed by atoms with Gasteiger partial charge in [0.1, 0.15) is 23.2 Å². The van der Waals surface area contributed by atoms with Gasteiger partial charge in [0.25, 0.3) is 0 Å². The lowest BCUT2D eigenvalue weighted by atomic mass is 10.0. The average Bonchev–Trinajstić information content (AvgIpc) is 2.45. The summed E-state index contributed by atoms with van der Waals surface area (Å²) in [6.45, 7) is 0.977. The van der Waals surface area contributed by atoms with E-state index in [2.05, 4.69) is 0 Å². The van der Waals surface area contributed by atoms with E-state index in [9.17, 15) is 35.2 Å². The van der Waals surface area contributed by atoms with Crippen molar-refractivity contribution in [1.82, 2.24) is 0 Å². The van der Waals surface area contributed by atoms with E-state index in [0.717, 1.165) is 6.92 Å². The highest BCUT2D eigenvalue weighted by Crippen LogP contribution is 2.35. The summed E-state index contributed by atoms with van der Waals surface area (Å²) in [7, 11) is -4.34. The molecule has 0 amide bonds. The Morgan fingerprint density at radius 2 is 1.56 bits per heavy atom. The number of carbonyl (C=O) groups excluding carboxylic acids is 1. The van der Waals surface area contributed by atoms with Crippen LogP contribution >= 0.6 is 11.6 Å². The van der Waals surface area contributed by atoms with Gasteiger partial charge in [-0.3, -0.25) is 4.79 Å². The molecule has 0 aliphatic heterocycles. The Bertz CT molecular complexity index is 989. The summed E-state index contributed by atoms with van der Waals surface area (Å²) in [6, 6.07) is 0.907. The number of ketones is 1. The van der Waals surface area contributed by atoms with Crippen LogP contribution in [0.3, 0.4) is 0 Å². The van der Waals surface area contributed by atoms with Crippen LogP contribution in [0.5, 0.6) is 0 Å². The summed E-state index contributed by atoms with van der Waals surface area (Å²) < 4.78 is 92.3. The summed E-state index contributed by atoms with van der Waals surface area (Å²) in [5.41, 5.74) is -2.28. The van der Waals surface area contributed by atoms with Crippen molar-refractivity contribution in [3.8, 4) is 11.1 Å². The fourth-order valence-electron chi connectivity index (χ4n) is 2.12. The van der Waals surface area contributed by atoms with E-state index in [4.69, 9.17) is 11.6 Å². The van der Waals surface area contributed by atoms with Crippen molar-refractivity contribution in [2.45, 2.75) is 11.8 Å². The number of hydrogen-bond donors (Lipinski definition) is 0. The predicted molar refractivity (Wildman–Crippen MR) is 79.4 cm³/mol. The SMILES string of the molecule is CC(=O)CS(=O)(=O)c1cc(-c2c(F)cc(F)c(F)c2F)c(F)cc1Cl. The standard InChI is InChI=1S/C15H8ClF5O3S/c1-6(22)5-25(23,24)12-2-7(9(17)3-8(12)16)13-10(18)4-11(19)14(20)15(13)21/h2-4H,5H2,1H3. The van der Waals surface area contributed by atoms with Crippen LogP contribution in [0.4, 0.5) is 22.0 Å². The lowest BCUT2D eigenvalue weighted by molar-refractivity contribution is -0.114. The van der Waals surface area contributed by atoms with E-state index in [-0.39, 0.29) is 6.07 Å². The maximum atomic E-state index is 14.1. The molecule has 0 radical (unpaired) electrons. The molecule has 0 bridgehead atoms. The third-order valence-corrected chi connectivity index (χ3v) is 5.35. The Morgan fingerprint density at radius 3 is 2.12 bits per heavy atom. The highest BCUT2D eigenvalue weighted by molar-refractivity contribution is 7.92. The summed E-state index contributed by atoms with van der Waals surface area (Å²) in [5.74, 6) is -10.7. The molecule has 0 aliphatic rings. The second-order valence-electron chi connectivity index (χ2n) is 5.07. The fraction of sp³-hybridized carbons (Fsp3) is 0.133. The van der Waals surface area contributed by atoms with Crippen LogP contribution in [0.2, 0.25) is 5.02 Å². The molecule has 0 aliphatic carbocycles. The van der Waals surface area contributed by atoms with Crippen molar-refractivity contribution in [2.24, 2.45) is 0 Å². The molecule has 134 valence electrons. The zero-order valence-electron chi connectivity index (χ0n) is 12.3. The Balaban J connectivity index is 2.80. The molecule has 2 aromatic carbocycles. The summed E-state index contributed by atoms with van der Waals surface area (Å²) >= 11 is 5.64. The van der Waals surface area contributed by atoms with Gasteiger partial charge >= 0.3 is 0 Å². The Labute approximate surface area is 144 Å². The highest BCUT2D eigenvalue weighted by Gasteiger charge is 2.27. The van der Waals surface area contributed by atoms with Gasteiger partial charge in [0.15, 0.2) is 27.3 Å². The summed E-state index contributed by atoms with van der Waals surface area (Å²) in [5, 5.41) is -0.633. The number of Topliss-reactive ketones (excluding diaryl/α,β-unsaturated/α-hetero) is 1. The molecule has 0 aromatic heterocycles. The van der Waals surface area contributed by atoms with Gasteiger partial charge in [-0.15, -0.1) is 0 Å². The second kappa shape index (κ2) is 6.72. The van der Waals surface area contributed by atoms with Crippen LogP contribution in [-0.2, 0) is 14.6 Å². The van der Waals surface area contributed by atoms with Gasteiger partial charge in [-0.25, -0.2) is 30.4 Å². The normalized spacial score (nSPS) is 11.6. The quantitative estimate of drug-likeness (QED) is 0.338. The minimum atomic E-state index is -4.34. The van der Waals surface area contributed by atoms with Gasteiger partial charge in [0, 0.05) is 11.6 Å². The summed E-state index contributed by atoms with van der Waals surface area (Å²) in [6.07, 6.45) is 0. The molecule has 0 saturated carbocycles. The largest absolute Gasteiger partial charge is 0.299 e. The molecule has 0 atom stereocenters. The number of hydrogen-bond acceptors (Lipinski definition) is 3. The van der Waals surface area contributed by atoms with E-state index < -0.39 is 71.5 Å². The van der Waals surface area contributed by atoms with Gasteiger partial charge in [-0.2, -0.15) is 0 Å². The van der Waals surface area contributed by atoms with Crippen molar-refractivity contribution in [3.05, 3.63) is 52.3 Å². The topological polar surface area (TPSA) is 51.2 Å². The van der Waals surface area contributed by atoms with Crippen molar-refractivity contribution in [3.63, 3.8) is 0 Å². The molecular formula is C15H8ClF5O3S. The van der Waals surface area contributed by atoms with E-state index >= 15 is 0 Å². The van der Waals surface area contributed by atoms with Gasteiger partial charge in [-0.1, -0.05) is 11.6 Å². The van der Waals surface area contributed by atoms with Crippen LogP contribution in [0.15, 0.2) is 23.1 Å². The first-order valence-electron chi connectivity index (χ1n) is 6.50. The van der Waals surface area contributed by atoms with Crippen molar-refractivity contribution in [1.29, 1.82) is 0 Å². The molecule has 3 nitrogen and oxygen atoms in total. The van der Waals surface area contributed by atoms with E-state index in [1.54, 1.807) is 0 Å². The van der Waals surface area contributed by atoms with Crippen LogP contribution in [0.1, 0.15) is 6.92 Å². The average molecular weight is 399 g/mol. The number of halogens is 6.